The average molecular weight is 262 g/mol. The van der Waals surface area contributed by atoms with Gasteiger partial charge in [0.25, 0.3) is 0 Å². The van der Waals surface area contributed by atoms with Gasteiger partial charge in [-0.2, -0.15) is 0 Å². The fourth-order valence-corrected chi connectivity index (χ4v) is 1.44. The number of rotatable bonds is 1. The number of halogens is 1. The van der Waals surface area contributed by atoms with Crippen molar-refractivity contribution in [3.05, 3.63) is 26.8 Å². The van der Waals surface area contributed by atoms with Crippen LogP contribution >= 0.6 is 22.6 Å². The molecule has 0 saturated carbocycles. The van der Waals surface area contributed by atoms with E-state index in [4.69, 9.17) is 0 Å². The number of hydrogen-bond donors (Lipinski definition) is 1. The van der Waals surface area contributed by atoms with Gasteiger partial charge in [0.15, 0.2) is 0 Å². The van der Waals surface area contributed by atoms with Crippen LogP contribution in [0.25, 0.3) is 0 Å². The molecule has 2 nitrogen and oxygen atoms in total. The van der Waals surface area contributed by atoms with Crippen LogP contribution in [0.1, 0.15) is 15.9 Å². The second kappa shape index (κ2) is 3.21. The molecule has 0 unspecified atom stereocenters. The van der Waals surface area contributed by atoms with Gasteiger partial charge in [-0.1, -0.05) is 0 Å². The summed E-state index contributed by atoms with van der Waals surface area (Å²) in [5.41, 5.74) is 1.19. The van der Waals surface area contributed by atoms with Gasteiger partial charge in [-0.05, 0) is 41.6 Å². The SMILES string of the molecule is Cc1c(O)cc(I)cc1C=O. The summed E-state index contributed by atoms with van der Waals surface area (Å²) in [6.07, 6.45) is 0.747. The number of phenols is 1. The number of phenolic OH excluding ortho intramolecular Hbond substituents is 1. The molecule has 1 aromatic rings. The summed E-state index contributed by atoms with van der Waals surface area (Å²) < 4.78 is 0.868. The maximum absolute atomic E-state index is 10.4. The molecule has 0 bridgehead atoms. The van der Waals surface area contributed by atoms with Crippen molar-refractivity contribution in [1.29, 1.82) is 0 Å². The van der Waals surface area contributed by atoms with Gasteiger partial charge in [-0.3, -0.25) is 4.79 Å². The number of aldehydes is 1. The van der Waals surface area contributed by atoms with Gasteiger partial charge in [0.2, 0.25) is 0 Å². The van der Waals surface area contributed by atoms with Gasteiger partial charge in [-0.25, -0.2) is 0 Å². The van der Waals surface area contributed by atoms with E-state index in [1.807, 2.05) is 0 Å². The van der Waals surface area contributed by atoms with Crippen molar-refractivity contribution >= 4 is 28.9 Å². The Hall–Kier alpha value is -0.580. The molecule has 0 saturated heterocycles. The van der Waals surface area contributed by atoms with E-state index in [1.165, 1.54) is 0 Å². The first kappa shape index (κ1) is 8.52. The molecule has 0 atom stereocenters. The molecular weight excluding hydrogens is 255 g/mol. The molecule has 58 valence electrons. The van der Waals surface area contributed by atoms with Crippen LogP contribution in [0.5, 0.6) is 5.75 Å². The number of carbonyl (C=O) groups excluding carboxylic acids is 1. The molecule has 0 aliphatic rings. The van der Waals surface area contributed by atoms with Crippen molar-refractivity contribution in [2.24, 2.45) is 0 Å². The van der Waals surface area contributed by atoms with Gasteiger partial charge in [-0.15, -0.1) is 0 Å². The van der Waals surface area contributed by atoms with Crippen LogP contribution in [0.3, 0.4) is 0 Å². The van der Waals surface area contributed by atoms with Crippen LogP contribution in [0.15, 0.2) is 12.1 Å². The van der Waals surface area contributed by atoms with E-state index in [1.54, 1.807) is 19.1 Å². The van der Waals surface area contributed by atoms with Crippen LogP contribution < -0.4 is 0 Å². The van der Waals surface area contributed by atoms with E-state index >= 15 is 0 Å². The van der Waals surface area contributed by atoms with Gasteiger partial charge in [0.05, 0.1) is 0 Å². The Kier molecular flexibility index (Phi) is 2.49. The topological polar surface area (TPSA) is 37.3 Å². The summed E-state index contributed by atoms with van der Waals surface area (Å²) in [6, 6.07) is 3.37. The van der Waals surface area contributed by atoms with Gasteiger partial charge < -0.3 is 5.11 Å². The predicted molar refractivity (Wildman–Crippen MR) is 50.9 cm³/mol. The van der Waals surface area contributed by atoms with Crippen molar-refractivity contribution in [2.75, 3.05) is 0 Å². The first-order valence-corrected chi connectivity index (χ1v) is 4.17. The lowest BCUT2D eigenvalue weighted by molar-refractivity contribution is 0.112. The third-order valence-corrected chi connectivity index (χ3v) is 2.14. The van der Waals surface area contributed by atoms with Crippen LogP contribution in [-0.4, -0.2) is 11.4 Å². The molecular formula is C8H7IO2. The molecule has 0 spiro atoms. The van der Waals surface area contributed by atoms with Gasteiger partial charge in [0.1, 0.15) is 12.0 Å². The maximum Gasteiger partial charge on any atom is 0.150 e. The summed E-state index contributed by atoms with van der Waals surface area (Å²) in [7, 11) is 0. The Balaban J connectivity index is 3.35. The van der Waals surface area contributed by atoms with Crippen molar-refractivity contribution in [3.8, 4) is 5.75 Å². The van der Waals surface area contributed by atoms with E-state index in [9.17, 15) is 9.90 Å². The fraction of sp³-hybridized carbons (Fsp3) is 0.125. The molecule has 0 fully saturated rings. The third-order valence-electron chi connectivity index (χ3n) is 1.51. The summed E-state index contributed by atoms with van der Waals surface area (Å²) in [6.45, 7) is 1.72. The maximum atomic E-state index is 10.4. The Morgan fingerprint density at radius 3 is 2.73 bits per heavy atom. The summed E-state index contributed by atoms with van der Waals surface area (Å²) in [4.78, 5) is 10.4. The molecule has 3 heteroatoms. The molecule has 0 aliphatic heterocycles. The molecule has 1 N–H and O–H groups in total. The average Bonchev–Trinajstić information content (AvgIpc) is 1.96. The number of carbonyl (C=O) groups is 1. The van der Waals surface area contributed by atoms with E-state index in [0.29, 0.717) is 11.1 Å². The van der Waals surface area contributed by atoms with E-state index < -0.39 is 0 Å². The minimum absolute atomic E-state index is 0.180. The standard InChI is InChI=1S/C8H7IO2/c1-5-6(4-10)2-7(9)3-8(5)11/h2-4,11H,1H3. The van der Waals surface area contributed by atoms with Crippen LogP contribution in [0.4, 0.5) is 0 Å². The lowest BCUT2D eigenvalue weighted by Gasteiger charge is -2.01. The van der Waals surface area contributed by atoms with E-state index in [2.05, 4.69) is 22.6 Å². The highest BCUT2D eigenvalue weighted by Crippen LogP contribution is 2.22. The Morgan fingerprint density at radius 1 is 1.55 bits per heavy atom. The molecule has 11 heavy (non-hydrogen) atoms. The zero-order chi connectivity index (χ0) is 8.43. The van der Waals surface area contributed by atoms with Crippen molar-refractivity contribution in [1.82, 2.24) is 0 Å². The predicted octanol–water partition coefficient (Wildman–Crippen LogP) is 2.12. The summed E-state index contributed by atoms with van der Waals surface area (Å²) in [5.74, 6) is 0.180. The Labute approximate surface area is 78.4 Å². The van der Waals surface area contributed by atoms with Crippen LogP contribution in [0.2, 0.25) is 0 Å². The number of aromatic hydroxyl groups is 1. The summed E-state index contributed by atoms with van der Waals surface area (Å²) >= 11 is 2.05. The molecule has 0 radical (unpaired) electrons. The zero-order valence-electron chi connectivity index (χ0n) is 5.97. The molecule has 1 aromatic carbocycles. The molecule has 0 aromatic heterocycles. The second-order valence-electron chi connectivity index (χ2n) is 2.26. The quantitative estimate of drug-likeness (QED) is 0.621. The molecule has 0 heterocycles. The number of hydrogen-bond acceptors (Lipinski definition) is 2. The highest BCUT2D eigenvalue weighted by atomic mass is 127. The summed E-state index contributed by atoms with van der Waals surface area (Å²) in [5, 5.41) is 9.25. The highest BCUT2D eigenvalue weighted by molar-refractivity contribution is 14.1. The van der Waals surface area contributed by atoms with Crippen LogP contribution in [0, 0.1) is 10.5 Å². The largest absolute Gasteiger partial charge is 0.508 e. The smallest absolute Gasteiger partial charge is 0.150 e. The normalized spacial score (nSPS) is 9.64. The lowest BCUT2D eigenvalue weighted by Crippen LogP contribution is -1.87. The minimum Gasteiger partial charge on any atom is -0.508 e. The molecule has 1 rings (SSSR count). The van der Waals surface area contributed by atoms with Crippen molar-refractivity contribution < 1.29 is 9.90 Å². The van der Waals surface area contributed by atoms with E-state index in [-0.39, 0.29) is 5.75 Å². The van der Waals surface area contributed by atoms with Gasteiger partial charge >= 0.3 is 0 Å². The minimum atomic E-state index is 0.180. The lowest BCUT2D eigenvalue weighted by atomic mass is 10.1. The Morgan fingerprint density at radius 2 is 2.18 bits per heavy atom. The van der Waals surface area contributed by atoms with Crippen molar-refractivity contribution in [3.63, 3.8) is 0 Å². The Bertz CT molecular complexity index is 294. The van der Waals surface area contributed by atoms with Gasteiger partial charge in [0, 0.05) is 14.7 Å². The van der Waals surface area contributed by atoms with Crippen LogP contribution in [-0.2, 0) is 0 Å². The molecule has 0 aliphatic carbocycles. The third kappa shape index (κ3) is 1.71. The number of benzene rings is 1. The molecule has 0 amide bonds. The van der Waals surface area contributed by atoms with E-state index in [0.717, 1.165) is 9.86 Å². The first-order chi connectivity index (χ1) is 5.15. The highest BCUT2D eigenvalue weighted by Gasteiger charge is 2.02. The zero-order valence-corrected chi connectivity index (χ0v) is 8.12. The fourth-order valence-electron chi connectivity index (χ4n) is 0.808. The second-order valence-corrected chi connectivity index (χ2v) is 3.50. The monoisotopic (exact) mass is 262 g/mol. The first-order valence-electron chi connectivity index (χ1n) is 3.09. The van der Waals surface area contributed by atoms with Crippen molar-refractivity contribution in [2.45, 2.75) is 6.92 Å².